The van der Waals surface area contributed by atoms with Crippen LogP contribution < -0.4 is 0 Å². The van der Waals surface area contributed by atoms with E-state index in [-0.39, 0.29) is 17.6 Å². The summed E-state index contributed by atoms with van der Waals surface area (Å²) in [6.45, 7) is 7.06. The van der Waals surface area contributed by atoms with Gasteiger partial charge in [-0.15, -0.1) is 0 Å². The first-order chi connectivity index (χ1) is 9.28. The number of ether oxygens (including phenoxy) is 1. The summed E-state index contributed by atoms with van der Waals surface area (Å²) in [6, 6.07) is 0. The summed E-state index contributed by atoms with van der Waals surface area (Å²) < 4.78 is 5.35. The van der Waals surface area contributed by atoms with Gasteiger partial charge in [0.15, 0.2) is 0 Å². The number of aliphatic hydroxyl groups is 1. The van der Waals surface area contributed by atoms with Gasteiger partial charge in [0.25, 0.3) is 0 Å². The van der Waals surface area contributed by atoms with E-state index in [4.69, 9.17) is 4.74 Å². The first-order valence-electron chi connectivity index (χ1n) is 7.34. The Bertz CT molecular complexity index is 453. The molecule has 0 aromatic carbocycles. The zero-order chi connectivity index (χ0) is 15.1. The van der Waals surface area contributed by atoms with Crippen molar-refractivity contribution >= 4 is 11.8 Å². The Morgan fingerprint density at radius 2 is 2.05 bits per heavy atom. The van der Waals surface area contributed by atoms with Gasteiger partial charge in [0.05, 0.1) is 12.0 Å². The third-order valence-electron chi connectivity index (χ3n) is 5.20. The second-order valence-electron chi connectivity index (χ2n) is 6.41. The lowest BCUT2D eigenvalue weighted by Gasteiger charge is -2.53. The minimum Gasteiger partial charge on any atom is -0.462 e. The van der Waals surface area contributed by atoms with E-state index in [0.717, 1.165) is 18.4 Å². The van der Waals surface area contributed by atoms with E-state index < -0.39 is 23.6 Å². The van der Waals surface area contributed by atoms with Crippen molar-refractivity contribution in [1.82, 2.24) is 0 Å². The van der Waals surface area contributed by atoms with E-state index in [1.165, 1.54) is 6.92 Å². The lowest BCUT2D eigenvalue weighted by atomic mass is 9.53. The molecule has 0 saturated heterocycles. The smallest absolute Gasteiger partial charge is 0.302 e. The molecule has 112 valence electrons. The van der Waals surface area contributed by atoms with Crippen molar-refractivity contribution < 1.29 is 19.4 Å². The largest absolute Gasteiger partial charge is 0.462 e. The Hall–Kier alpha value is -1.16. The molecule has 0 bridgehead atoms. The Kier molecular flexibility index (Phi) is 4.05. The molecule has 0 aliphatic heterocycles. The maximum Gasteiger partial charge on any atom is 0.302 e. The third kappa shape index (κ3) is 2.30. The Morgan fingerprint density at radius 1 is 1.40 bits per heavy atom. The molecule has 1 N–H and O–H groups in total. The molecule has 4 heteroatoms. The van der Waals surface area contributed by atoms with Crippen LogP contribution in [-0.4, -0.2) is 29.1 Å². The summed E-state index contributed by atoms with van der Waals surface area (Å²) in [5.74, 6) is -0.445. The molecule has 1 fully saturated rings. The molecule has 0 aromatic rings. The third-order valence-corrected chi connectivity index (χ3v) is 5.20. The van der Waals surface area contributed by atoms with Gasteiger partial charge >= 0.3 is 5.97 Å². The van der Waals surface area contributed by atoms with Crippen LogP contribution in [-0.2, 0) is 14.3 Å². The highest BCUT2D eigenvalue weighted by Gasteiger charge is 2.55. The fourth-order valence-electron chi connectivity index (χ4n) is 4.16. The average Bonchev–Trinajstić information content (AvgIpc) is 2.30. The number of aliphatic hydroxyl groups excluding tert-OH is 1. The summed E-state index contributed by atoms with van der Waals surface area (Å²) in [7, 11) is 0. The normalized spacial score (nSPS) is 40.5. The van der Waals surface area contributed by atoms with Crippen LogP contribution in [0.1, 0.15) is 47.0 Å². The summed E-state index contributed by atoms with van der Waals surface area (Å²) in [4.78, 5) is 23.5. The summed E-state index contributed by atoms with van der Waals surface area (Å²) in [5.41, 5.74) is 0.543. The van der Waals surface area contributed by atoms with Gasteiger partial charge in [-0.1, -0.05) is 19.9 Å². The minimum atomic E-state index is -0.623. The van der Waals surface area contributed by atoms with E-state index in [1.807, 2.05) is 6.92 Å². The highest BCUT2D eigenvalue weighted by atomic mass is 16.5. The average molecular weight is 280 g/mol. The van der Waals surface area contributed by atoms with Gasteiger partial charge in [-0.3, -0.25) is 9.59 Å². The molecule has 5 atom stereocenters. The zero-order valence-electron chi connectivity index (χ0n) is 12.7. The Balaban J connectivity index is 2.47. The number of rotatable bonds is 2. The van der Waals surface area contributed by atoms with Gasteiger partial charge in [0.1, 0.15) is 11.9 Å². The second-order valence-corrected chi connectivity index (χ2v) is 6.41. The van der Waals surface area contributed by atoms with Crippen LogP contribution in [0.15, 0.2) is 11.6 Å². The molecule has 5 unspecified atom stereocenters. The molecular formula is C16H24O4. The van der Waals surface area contributed by atoms with Crippen LogP contribution in [0.3, 0.4) is 0 Å². The number of ketones is 1. The number of carbonyl (C=O) groups excluding carboxylic acids is 2. The van der Waals surface area contributed by atoms with Gasteiger partial charge in [-0.05, 0) is 31.3 Å². The standard InChI is InChI=1S/C16H24O4/c1-9-6-5-7-12-13(19)8-14(20-11(3)18)15(10(2)17)16(9,12)4/h7,9,13-15,19H,5-6,8H2,1-4H3. The number of hydrogen-bond acceptors (Lipinski definition) is 4. The van der Waals surface area contributed by atoms with Crippen LogP contribution in [0, 0.1) is 17.3 Å². The van der Waals surface area contributed by atoms with Gasteiger partial charge in [-0.2, -0.15) is 0 Å². The van der Waals surface area contributed by atoms with Crippen LogP contribution in [0.5, 0.6) is 0 Å². The molecule has 0 aromatic heterocycles. The molecule has 1 saturated carbocycles. The highest BCUT2D eigenvalue weighted by molar-refractivity contribution is 5.81. The number of hydrogen-bond donors (Lipinski definition) is 1. The van der Waals surface area contributed by atoms with E-state index in [0.29, 0.717) is 6.42 Å². The second kappa shape index (κ2) is 5.32. The van der Waals surface area contributed by atoms with Crippen molar-refractivity contribution in [2.75, 3.05) is 0 Å². The maximum atomic E-state index is 12.2. The molecule has 0 amide bonds. The zero-order valence-corrected chi connectivity index (χ0v) is 12.7. The molecule has 2 aliphatic carbocycles. The van der Waals surface area contributed by atoms with Gasteiger partial charge in [-0.25, -0.2) is 0 Å². The molecular weight excluding hydrogens is 256 g/mol. The number of allylic oxidation sites excluding steroid dienone is 1. The molecule has 0 heterocycles. The number of carbonyl (C=O) groups is 2. The van der Waals surface area contributed by atoms with Gasteiger partial charge < -0.3 is 9.84 Å². The van der Waals surface area contributed by atoms with Crippen LogP contribution >= 0.6 is 0 Å². The minimum absolute atomic E-state index is 0.0327. The van der Waals surface area contributed by atoms with Crippen molar-refractivity contribution in [3.63, 3.8) is 0 Å². The number of fused-ring (bicyclic) bond motifs is 1. The van der Waals surface area contributed by atoms with Gasteiger partial charge in [0.2, 0.25) is 0 Å². The lowest BCUT2D eigenvalue weighted by molar-refractivity contribution is -0.162. The van der Waals surface area contributed by atoms with Crippen LogP contribution in [0.25, 0.3) is 0 Å². The summed E-state index contributed by atoms with van der Waals surface area (Å²) in [5, 5.41) is 10.4. The molecule has 20 heavy (non-hydrogen) atoms. The molecule has 2 aliphatic rings. The Morgan fingerprint density at radius 3 is 2.60 bits per heavy atom. The Labute approximate surface area is 120 Å². The summed E-state index contributed by atoms with van der Waals surface area (Å²) in [6.07, 6.45) is 3.17. The van der Waals surface area contributed by atoms with Crippen LogP contribution in [0.4, 0.5) is 0 Å². The fraction of sp³-hybridized carbons (Fsp3) is 0.750. The molecule has 4 nitrogen and oxygen atoms in total. The lowest BCUT2D eigenvalue weighted by Crippen LogP contribution is -2.55. The quantitative estimate of drug-likeness (QED) is 0.622. The van der Waals surface area contributed by atoms with Crippen molar-refractivity contribution in [3.8, 4) is 0 Å². The predicted molar refractivity (Wildman–Crippen MR) is 74.9 cm³/mol. The number of esters is 1. The van der Waals surface area contributed by atoms with E-state index >= 15 is 0 Å². The van der Waals surface area contributed by atoms with Crippen molar-refractivity contribution in [2.45, 2.75) is 59.2 Å². The maximum absolute atomic E-state index is 12.2. The number of Topliss-reactive ketones (excluding diaryl/α,β-unsaturated/α-hetero) is 1. The van der Waals surface area contributed by atoms with Crippen LogP contribution in [0.2, 0.25) is 0 Å². The van der Waals surface area contributed by atoms with E-state index in [9.17, 15) is 14.7 Å². The van der Waals surface area contributed by atoms with E-state index in [2.05, 4.69) is 13.0 Å². The van der Waals surface area contributed by atoms with Crippen molar-refractivity contribution in [3.05, 3.63) is 11.6 Å². The monoisotopic (exact) mass is 280 g/mol. The fourth-order valence-corrected chi connectivity index (χ4v) is 4.16. The molecule has 2 rings (SSSR count). The molecule has 0 radical (unpaired) electrons. The topological polar surface area (TPSA) is 63.6 Å². The SMILES string of the molecule is CC(=O)OC1CC(O)C2=CCCC(C)C2(C)C1C(C)=O. The summed E-state index contributed by atoms with van der Waals surface area (Å²) >= 11 is 0. The van der Waals surface area contributed by atoms with Crippen molar-refractivity contribution in [2.24, 2.45) is 17.3 Å². The first kappa shape index (κ1) is 15.2. The highest BCUT2D eigenvalue weighted by Crippen LogP contribution is 2.54. The first-order valence-corrected chi connectivity index (χ1v) is 7.34. The van der Waals surface area contributed by atoms with E-state index in [1.54, 1.807) is 6.92 Å². The van der Waals surface area contributed by atoms with Gasteiger partial charge in [0, 0.05) is 18.8 Å². The van der Waals surface area contributed by atoms with Crippen molar-refractivity contribution in [1.29, 1.82) is 0 Å². The predicted octanol–water partition coefficient (Wildman–Crippen LogP) is 2.25. The molecule has 0 spiro atoms.